The highest BCUT2D eigenvalue weighted by Gasteiger charge is 2.21. The zero-order valence-corrected chi connectivity index (χ0v) is 9.77. The molecule has 13 heavy (non-hydrogen) atoms. The number of hydrogen-bond donors (Lipinski definition) is 1. The van der Waals surface area contributed by atoms with Crippen molar-refractivity contribution in [1.29, 1.82) is 0 Å². The number of nitrogens with zero attached hydrogens (tertiary/aromatic N) is 1. The second-order valence-electron chi connectivity index (χ2n) is 4.52. The van der Waals surface area contributed by atoms with Gasteiger partial charge >= 0.3 is 0 Å². The normalized spacial score (nSPS) is 30.2. The van der Waals surface area contributed by atoms with Crippen LogP contribution in [0.1, 0.15) is 46.5 Å². The van der Waals surface area contributed by atoms with Crippen LogP contribution in [0, 0.1) is 0 Å². The summed E-state index contributed by atoms with van der Waals surface area (Å²) in [4.78, 5) is 2.36. The third kappa shape index (κ3) is 7.03. The van der Waals surface area contributed by atoms with E-state index in [1.54, 1.807) is 0 Å². The van der Waals surface area contributed by atoms with Crippen molar-refractivity contribution in [3.05, 3.63) is 0 Å². The lowest BCUT2D eigenvalue weighted by atomic mass is 9.95. The lowest BCUT2D eigenvalue weighted by Crippen LogP contribution is -2.36. The van der Waals surface area contributed by atoms with Crippen molar-refractivity contribution in [2.75, 3.05) is 20.1 Å². The van der Waals surface area contributed by atoms with Crippen LogP contribution in [0.4, 0.5) is 0 Å². The average molecular weight is 186 g/mol. The van der Waals surface area contributed by atoms with Gasteiger partial charge < -0.3 is 10.6 Å². The van der Waals surface area contributed by atoms with Gasteiger partial charge in [0.15, 0.2) is 0 Å². The summed E-state index contributed by atoms with van der Waals surface area (Å²) < 4.78 is 0. The minimum Gasteiger partial charge on any atom is -0.325 e. The van der Waals surface area contributed by atoms with Crippen LogP contribution in [0.25, 0.3) is 0 Å². The largest absolute Gasteiger partial charge is 0.325 e. The fourth-order valence-electron chi connectivity index (χ4n) is 1.44. The molecule has 1 aliphatic rings. The summed E-state index contributed by atoms with van der Waals surface area (Å²) in [7, 11) is 2.17. The molecule has 80 valence electrons. The molecule has 2 heteroatoms. The van der Waals surface area contributed by atoms with Gasteiger partial charge in [-0.05, 0) is 46.3 Å². The Morgan fingerprint density at radius 1 is 1.23 bits per heavy atom. The predicted octanol–water partition coefficient (Wildman–Crippen LogP) is 2.24. The number of likely N-dealkylation sites (tertiary alicyclic amines) is 1. The molecular weight excluding hydrogens is 160 g/mol. The lowest BCUT2D eigenvalue weighted by Gasteiger charge is -2.21. The Labute approximate surface area is 83.5 Å². The van der Waals surface area contributed by atoms with Crippen molar-refractivity contribution < 1.29 is 0 Å². The monoisotopic (exact) mass is 186 g/mol. The van der Waals surface area contributed by atoms with Crippen molar-refractivity contribution in [3.63, 3.8) is 0 Å². The Balaban J connectivity index is 0.000000424. The Morgan fingerprint density at radius 2 is 1.77 bits per heavy atom. The summed E-state index contributed by atoms with van der Waals surface area (Å²) in [6.45, 7) is 8.78. The maximum Gasteiger partial charge on any atom is 0.0138 e. The molecule has 0 unspecified atom stereocenters. The molecule has 0 saturated carbocycles. The van der Waals surface area contributed by atoms with Gasteiger partial charge in [0.25, 0.3) is 0 Å². The highest BCUT2D eigenvalue weighted by atomic mass is 15.1. The van der Waals surface area contributed by atoms with Crippen molar-refractivity contribution >= 4 is 0 Å². The molecule has 1 saturated heterocycles. The number of hydrogen-bond acceptors (Lipinski definition) is 2. The van der Waals surface area contributed by atoms with Gasteiger partial charge in [0.2, 0.25) is 0 Å². The third-order valence-electron chi connectivity index (χ3n) is 2.35. The average Bonchev–Trinajstić information content (AvgIpc) is 2.15. The van der Waals surface area contributed by atoms with Crippen molar-refractivity contribution in [3.8, 4) is 0 Å². The molecule has 0 aliphatic carbocycles. The number of nitrogens with two attached hydrogens (primary N) is 1. The van der Waals surface area contributed by atoms with E-state index in [9.17, 15) is 0 Å². The molecule has 0 aromatic carbocycles. The van der Waals surface area contributed by atoms with Crippen molar-refractivity contribution in [1.82, 2.24) is 4.90 Å². The molecule has 0 spiro atoms. The first-order chi connectivity index (χ1) is 6.02. The van der Waals surface area contributed by atoms with Gasteiger partial charge in [-0.3, -0.25) is 0 Å². The summed E-state index contributed by atoms with van der Waals surface area (Å²) in [6.07, 6.45) is 4.82. The van der Waals surface area contributed by atoms with E-state index >= 15 is 0 Å². The minimum atomic E-state index is 0.102. The Morgan fingerprint density at radius 3 is 2.31 bits per heavy atom. The van der Waals surface area contributed by atoms with E-state index in [0.29, 0.717) is 0 Å². The Kier molecular flexibility index (Phi) is 6.35. The second kappa shape index (κ2) is 6.39. The maximum absolute atomic E-state index is 6.01. The molecule has 0 amide bonds. The first-order valence-electron chi connectivity index (χ1n) is 5.49. The van der Waals surface area contributed by atoms with Crippen LogP contribution in [0.2, 0.25) is 0 Å². The molecule has 1 heterocycles. The maximum atomic E-state index is 6.01. The fourth-order valence-corrected chi connectivity index (χ4v) is 1.44. The van der Waals surface area contributed by atoms with E-state index in [1.165, 1.54) is 25.8 Å². The van der Waals surface area contributed by atoms with E-state index in [4.69, 9.17) is 5.73 Å². The molecule has 0 radical (unpaired) electrons. The van der Waals surface area contributed by atoms with Gasteiger partial charge in [0.05, 0.1) is 0 Å². The van der Waals surface area contributed by atoms with Crippen molar-refractivity contribution in [2.24, 2.45) is 5.73 Å². The third-order valence-corrected chi connectivity index (χ3v) is 2.35. The smallest absolute Gasteiger partial charge is 0.0138 e. The van der Waals surface area contributed by atoms with Gasteiger partial charge in [0, 0.05) is 5.54 Å². The summed E-state index contributed by atoms with van der Waals surface area (Å²) in [5.74, 6) is 0. The topological polar surface area (TPSA) is 29.3 Å². The molecule has 1 fully saturated rings. The Hall–Kier alpha value is -0.0800. The molecule has 1 rings (SSSR count). The number of rotatable bonds is 0. The van der Waals surface area contributed by atoms with E-state index in [-0.39, 0.29) is 5.54 Å². The lowest BCUT2D eigenvalue weighted by molar-refractivity contribution is 0.335. The summed E-state index contributed by atoms with van der Waals surface area (Å²) in [5.41, 5.74) is 6.12. The van der Waals surface area contributed by atoms with Crippen LogP contribution in [-0.4, -0.2) is 30.6 Å². The first kappa shape index (κ1) is 12.9. The van der Waals surface area contributed by atoms with Gasteiger partial charge in [-0.1, -0.05) is 20.3 Å². The summed E-state index contributed by atoms with van der Waals surface area (Å²) in [6, 6.07) is 0. The molecular formula is C11H26N2. The van der Waals surface area contributed by atoms with Gasteiger partial charge in [0.1, 0.15) is 0 Å². The molecule has 1 atom stereocenters. The molecule has 2 nitrogen and oxygen atoms in total. The molecule has 0 bridgehead atoms. The van der Waals surface area contributed by atoms with E-state index in [0.717, 1.165) is 13.0 Å². The molecule has 1 aliphatic heterocycles. The Bertz CT molecular complexity index is 121. The van der Waals surface area contributed by atoms with Crippen molar-refractivity contribution in [2.45, 2.75) is 52.0 Å². The highest BCUT2D eigenvalue weighted by Crippen LogP contribution is 2.17. The van der Waals surface area contributed by atoms with Crippen LogP contribution >= 0.6 is 0 Å². The van der Waals surface area contributed by atoms with Crippen LogP contribution in [0.3, 0.4) is 0 Å². The van der Waals surface area contributed by atoms with Gasteiger partial charge in [-0.25, -0.2) is 0 Å². The SMILES string of the molecule is CCC.CN1CCC[C@@](C)(N)CC1. The predicted molar refractivity (Wildman–Crippen MR) is 59.9 cm³/mol. The zero-order chi connectivity index (χ0) is 10.3. The van der Waals surface area contributed by atoms with E-state index in [2.05, 4.69) is 32.7 Å². The first-order valence-corrected chi connectivity index (χ1v) is 5.49. The zero-order valence-electron chi connectivity index (χ0n) is 9.77. The van der Waals surface area contributed by atoms with Crippen LogP contribution in [-0.2, 0) is 0 Å². The molecule has 0 aromatic rings. The van der Waals surface area contributed by atoms with Gasteiger partial charge in [-0.2, -0.15) is 0 Å². The summed E-state index contributed by atoms with van der Waals surface area (Å²) >= 11 is 0. The fraction of sp³-hybridized carbons (Fsp3) is 1.00. The van der Waals surface area contributed by atoms with Crippen LogP contribution in [0.15, 0.2) is 0 Å². The minimum absolute atomic E-state index is 0.102. The summed E-state index contributed by atoms with van der Waals surface area (Å²) in [5, 5.41) is 0. The van der Waals surface area contributed by atoms with Crippen LogP contribution < -0.4 is 5.73 Å². The quantitative estimate of drug-likeness (QED) is 0.628. The van der Waals surface area contributed by atoms with E-state index < -0.39 is 0 Å². The molecule has 2 N–H and O–H groups in total. The molecule has 0 aromatic heterocycles. The highest BCUT2D eigenvalue weighted by molar-refractivity contribution is 4.82. The van der Waals surface area contributed by atoms with Gasteiger partial charge in [-0.15, -0.1) is 0 Å². The van der Waals surface area contributed by atoms with E-state index in [1.807, 2.05) is 0 Å². The standard InChI is InChI=1S/C8H18N2.C3H8/c1-8(9)4-3-6-10(2)7-5-8;1-3-2/h3-7,9H2,1-2H3;3H2,1-2H3/t8-;/m1./s1. The van der Waals surface area contributed by atoms with Crippen LogP contribution in [0.5, 0.6) is 0 Å². The second-order valence-corrected chi connectivity index (χ2v) is 4.52.